The van der Waals surface area contributed by atoms with E-state index in [0.717, 1.165) is 29.8 Å². The summed E-state index contributed by atoms with van der Waals surface area (Å²) in [5.74, 6) is 0. The first kappa shape index (κ1) is 13.8. The summed E-state index contributed by atoms with van der Waals surface area (Å²) in [4.78, 5) is 1.18. The second kappa shape index (κ2) is 6.53. The highest BCUT2D eigenvalue weighted by Crippen LogP contribution is 2.35. The minimum Gasteiger partial charge on any atom is -0.396 e. The lowest BCUT2D eigenvalue weighted by Gasteiger charge is -2.14. The quantitative estimate of drug-likeness (QED) is 0.845. The van der Waals surface area contributed by atoms with Crippen molar-refractivity contribution in [1.29, 1.82) is 0 Å². The van der Waals surface area contributed by atoms with E-state index in [0.29, 0.717) is 6.04 Å². The summed E-state index contributed by atoms with van der Waals surface area (Å²) in [5, 5.41) is 14.4. The highest BCUT2D eigenvalue weighted by atomic mass is 35.5. The summed E-state index contributed by atoms with van der Waals surface area (Å²) in [5.41, 5.74) is 0. The molecule has 0 aliphatic carbocycles. The molecule has 4 heteroatoms. The molecule has 0 spiro atoms. The summed E-state index contributed by atoms with van der Waals surface area (Å²) < 4.78 is 1.23. The fourth-order valence-corrected chi connectivity index (χ4v) is 3.47. The third-order valence-corrected chi connectivity index (χ3v) is 4.84. The molecule has 0 amide bonds. The number of aliphatic hydroxyl groups is 1. The monoisotopic (exact) mass is 283 g/mol. The van der Waals surface area contributed by atoms with Crippen LogP contribution in [0.2, 0.25) is 5.02 Å². The van der Waals surface area contributed by atoms with Gasteiger partial charge in [-0.25, -0.2) is 0 Å². The topological polar surface area (TPSA) is 32.3 Å². The van der Waals surface area contributed by atoms with Crippen molar-refractivity contribution in [1.82, 2.24) is 5.32 Å². The molecule has 0 saturated heterocycles. The number of rotatable bonds is 6. The van der Waals surface area contributed by atoms with Gasteiger partial charge in [0, 0.05) is 34.2 Å². The molecule has 0 bridgehead atoms. The van der Waals surface area contributed by atoms with Crippen LogP contribution in [-0.2, 0) is 6.54 Å². The maximum atomic E-state index is 8.97. The SMILES string of the molecule is CCC(CCO)NCc1sc2ccccc2c1Cl. The summed E-state index contributed by atoms with van der Waals surface area (Å²) in [6.07, 6.45) is 1.81. The summed E-state index contributed by atoms with van der Waals surface area (Å²) in [7, 11) is 0. The highest BCUT2D eigenvalue weighted by molar-refractivity contribution is 7.19. The number of nitrogens with one attached hydrogen (secondary N) is 1. The van der Waals surface area contributed by atoms with Crippen LogP contribution < -0.4 is 5.32 Å². The van der Waals surface area contributed by atoms with E-state index in [9.17, 15) is 0 Å². The van der Waals surface area contributed by atoms with Crippen LogP contribution in [0.1, 0.15) is 24.6 Å². The first-order valence-corrected chi connectivity index (χ1v) is 7.45. The summed E-state index contributed by atoms with van der Waals surface area (Å²) in [6, 6.07) is 8.56. The molecule has 1 aromatic heterocycles. The normalized spacial score (nSPS) is 13.1. The standard InChI is InChI=1S/C14H18ClNOS/c1-2-10(7-8-17)16-9-13-14(15)11-5-3-4-6-12(11)18-13/h3-6,10,16-17H,2,7-9H2,1H3. The van der Waals surface area contributed by atoms with Gasteiger partial charge in [-0.05, 0) is 18.9 Å². The number of fused-ring (bicyclic) bond motifs is 1. The molecule has 0 fully saturated rings. The van der Waals surface area contributed by atoms with E-state index in [-0.39, 0.29) is 6.61 Å². The van der Waals surface area contributed by atoms with Gasteiger partial charge in [0.1, 0.15) is 0 Å². The lowest BCUT2D eigenvalue weighted by Crippen LogP contribution is -2.28. The zero-order chi connectivity index (χ0) is 13.0. The first-order chi connectivity index (χ1) is 8.76. The van der Waals surface area contributed by atoms with Crippen LogP contribution in [0.15, 0.2) is 24.3 Å². The Labute approximate surface area is 117 Å². The number of aliphatic hydroxyl groups excluding tert-OH is 1. The second-order valence-electron chi connectivity index (χ2n) is 4.33. The molecule has 1 unspecified atom stereocenters. The van der Waals surface area contributed by atoms with Gasteiger partial charge in [0.25, 0.3) is 0 Å². The second-order valence-corrected chi connectivity index (χ2v) is 5.85. The molecule has 0 saturated carbocycles. The van der Waals surface area contributed by atoms with Gasteiger partial charge < -0.3 is 10.4 Å². The van der Waals surface area contributed by atoms with Gasteiger partial charge in [0.2, 0.25) is 0 Å². The molecule has 1 aromatic carbocycles. The van der Waals surface area contributed by atoms with Crippen LogP contribution in [0.4, 0.5) is 0 Å². The van der Waals surface area contributed by atoms with E-state index < -0.39 is 0 Å². The molecule has 1 heterocycles. The van der Waals surface area contributed by atoms with Crippen LogP contribution in [0.25, 0.3) is 10.1 Å². The summed E-state index contributed by atoms with van der Waals surface area (Å²) in [6.45, 7) is 3.13. The van der Waals surface area contributed by atoms with E-state index in [2.05, 4.69) is 24.4 Å². The molecule has 2 nitrogen and oxygen atoms in total. The number of hydrogen-bond acceptors (Lipinski definition) is 3. The average Bonchev–Trinajstić information content (AvgIpc) is 2.72. The molecule has 0 radical (unpaired) electrons. The Balaban J connectivity index is 2.09. The Kier molecular flexibility index (Phi) is 5.01. The smallest absolute Gasteiger partial charge is 0.0636 e. The third-order valence-electron chi connectivity index (χ3n) is 3.12. The van der Waals surface area contributed by atoms with Gasteiger partial charge in [0.05, 0.1) is 5.02 Å². The predicted octanol–water partition coefficient (Wildman–Crippen LogP) is 3.81. The molecule has 2 N–H and O–H groups in total. The van der Waals surface area contributed by atoms with Crippen LogP contribution in [0.3, 0.4) is 0 Å². The number of benzene rings is 1. The molecule has 2 aromatic rings. The van der Waals surface area contributed by atoms with E-state index in [1.54, 1.807) is 11.3 Å². The van der Waals surface area contributed by atoms with Crippen molar-refractivity contribution >= 4 is 33.0 Å². The van der Waals surface area contributed by atoms with Crippen LogP contribution in [0.5, 0.6) is 0 Å². The molecule has 1 atom stereocenters. The van der Waals surface area contributed by atoms with Gasteiger partial charge in [0.15, 0.2) is 0 Å². The van der Waals surface area contributed by atoms with Crippen molar-refractivity contribution in [2.75, 3.05) is 6.61 Å². The molecule has 2 rings (SSSR count). The molecule has 0 aliphatic rings. The maximum Gasteiger partial charge on any atom is 0.0636 e. The lowest BCUT2D eigenvalue weighted by atomic mass is 10.1. The minimum atomic E-state index is 0.228. The zero-order valence-corrected chi connectivity index (χ0v) is 12.0. The van der Waals surface area contributed by atoms with Crippen LogP contribution in [-0.4, -0.2) is 17.8 Å². The van der Waals surface area contributed by atoms with Gasteiger partial charge in [-0.15, -0.1) is 11.3 Å². The zero-order valence-electron chi connectivity index (χ0n) is 10.4. The Bertz CT molecular complexity index is 511. The highest BCUT2D eigenvalue weighted by Gasteiger charge is 2.11. The Morgan fingerprint density at radius 1 is 1.39 bits per heavy atom. The van der Waals surface area contributed by atoms with Crippen molar-refractivity contribution < 1.29 is 5.11 Å². The third kappa shape index (κ3) is 3.04. The average molecular weight is 284 g/mol. The molecular weight excluding hydrogens is 266 g/mol. The van der Waals surface area contributed by atoms with Crippen molar-refractivity contribution in [2.45, 2.75) is 32.4 Å². The fourth-order valence-electron chi connectivity index (χ4n) is 2.02. The van der Waals surface area contributed by atoms with Crippen molar-refractivity contribution in [2.24, 2.45) is 0 Å². The Morgan fingerprint density at radius 3 is 2.83 bits per heavy atom. The number of hydrogen-bond donors (Lipinski definition) is 2. The minimum absolute atomic E-state index is 0.228. The van der Waals surface area contributed by atoms with E-state index in [1.807, 2.05) is 12.1 Å². The molecule has 98 valence electrons. The van der Waals surface area contributed by atoms with Crippen LogP contribution >= 0.6 is 22.9 Å². The largest absolute Gasteiger partial charge is 0.396 e. The predicted molar refractivity (Wildman–Crippen MR) is 79.5 cm³/mol. The van der Waals surface area contributed by atoms with Crippen LogP contribution in [0, 0.1) is 0 Å². The maximum absolute atomic E-state index is 8.97. The first-order valence-electron chi connectivity index (χ1n) is 6.26. The summed E-state index contributed by atoms with van der Waals surface area (Å²) >= 11 is 8.12. The van der Waals surface area contributed by atoms with Crippen molar-refractivity contribution in [3.63, 3.8) is 0 Å². The molecule has 0 aliphatic heterocycles. The Morgan fingerprint density at radius 2 is 2.17 bits per heavy atom. The van der Waals surface area contributed by atoms with Gasteiger partial charge in [-0.1, -0.05) is 36.7 Å². The number of thiophene rings is 1. The van der Waals surface area contributed by atoms with Gasteiger partial charge >= 0.3 is 0 Å². The van der Waals surface area contributed by atoms with Gasteiger partial charge in [-0.2, -0.15) is 0 Å². The molecular formula is C14H18ClNOS. The van der Waals surface area contributed by atoms with E-state index in [4.69, 9.17) is 16.7 Å². The van der Waals surface area contributed by atoms with Crippen molar-refractivity contribution in [3.05, 3.63) is 34.2 Å². The van der Waals surface area contributed by atoms with Gasteiger partial charge in [-0.3, -0.25) is 0 Å². The lowest BCUT2D eigenvalue weighted by molar-refractivity contribution is 0.262. The number of halogens is 1. The van der Waals surface area contributed by atoms with E-state index >= 15 is 0 Å². The van der Waals surface area contributed by atoms with E-state index in [1.165, 1.54) is 9.58 Å². The molecule has 18 heavy (non-hydrogen) atoms. The Hall–Kier alpha value is -0.610. The van der Waals surface area contributed by atoms with Crippen molar-refractivity contribution in [3.8, 4) is 0 Å². The fraction of sp³-hybridized carbons (Fsp3) is 0.429.